The van der Waals surface area contributed by atoms with Crippen LogP contribution in [0.4, 0.5) is 0 Å². The molecule has 1 N–H and O–H groups in total. The fraction of sp³-hybridized carbons (Fsp3) is 0.467. The third-order valence-electron chi connectivity index (χ3n) is 2.78. The highest BCUT2D eigenvalue weighted by Gasteiger charge is 2.11. The van der Waals surface area contributed by atoms with Gasteiger partial charge in [0.15, 0.2) is 0 Å². The van der Waals surface area contributed by atoms with E-state index in [-0.39, 0.29) is 0 Å². The lowest BCUT2D eigenvalue weighted by Crippen LogP contribution is -2.21. The Morgan fingerprint density at radius 1 is 1.41 bits per heavy atom. The molecule has 0 aliphatic heterocycles. The molecule has 0 aliphatic carbocycles. The van der Waals surface area contributed by atoms with E-state index in [4.69, 9.17) is 11.6 Å². The van der Waals surface area contributed by atoms with Gasteiger partial charge in [0.05, 0.1) is 0 Å². The van der Waals surface area contributed by atoms with Crippen molar-refractivity contribution >= 4 is 11.6 Å². The standard InChI is InChI=1S/C15H22ClN/c1-5-17-15(7-6-11(2)3)13-8-12(4)9-14(16)10-13/h8-10,15,17H,2,5-7H2,1,3-4H3. The number of hydrogen-bond acceptors (Lipinski definition) is 1. The fourth-order valence-corrected chi connectivity index (χ4v) is 2.29. The van der Waals surface area contributed by atoms with Crippen molar-refractivity contribution in [2.24, 2.45) is 0 Å². The normalized spacial score (nSPS) is 12.5. The Morgan fingerprint density at radius 2 is 2.12 bits per heavy atom. The van der Waals surface area contributed by atoms with E-state index >= 15 is 0 Å². The Kier molecular flexibility index (Phi) is 5.73. The largest absolute Gasteiger partial charge is 0.310 e. The number of hydrogen-bond donors (Lipinski definition) is 1. The summed E-state index contributed by atoms with van der Waals surface area (Å²) in [5.41, 5.74) is 3.72. The Bertz CT molecular complexity index is 364. The Morgan fingerprint density at radius 3 is 2.65 bits per heavy atom. The SMILES string of the molecule is C=C(C)CCC(NCC)c1cc(C)cc(Cl)c1. The minimum Gasteiger partial charge on any atom is -0.310 e. The fourth-order valence-electron chi connectivity index (χ4n) is 1.99. The summed E-state index contributed by atoms with van der Waals surface area (Å²) in [6.45, 7) is 11.2. The first-order valence-corrected chi connectivity index (χ1v) is 6.55. The van der Waals surface area contributed by atoms with Crippen LogP contribution < -0.4 is 5.32 Å². The van der Waals surface area contributed by atoms with E-state index in [1.807, 2.05) is 6.07 Å². The molecule has 0 bridgehead atoms. The van der Waals surface area contributed by atoms with E-state index in [0.717, 1.165) is 24.4 Å². The van der Waals surface area contributed by atoms with Crippen LogP contribution in [0.3, 0.4) is 0 Å². The Labute approximate surface area is 110 Å². The van der Waals surface area contributed by atoms with Crippen LogP contribution in [0.2, 0.25) is 5.02 Å². The molecule has 1 nitrogen and oxygen atoms in total. The highest BCUT2D eigenvalue weighted by atomic mass is 35.5. The zero-order chi connectivity index (χ0) is 12.8. The van der Waals surface area contributed by atoms with Crippen molar-refractivity contribution in [1.29, 1.82) is 0 Å². The van der Waals surface area contributed by atoms with Crippen LogP contribution in [0.25, 0.3) is 0 Å². The molecule has 0 radical (unpaired) electrons. The smallest absolute Gasteiger partial charge is 0.0411 e. The highest BCUT2D eigenvalue weighted by molar-refractivity contribution is 6.30. The van der Waals surface area contributed by atoms with Gasteiger partial charge in [-0.3, -0.25) is 0 Å². The third-order valence-corrected chi connectivity index (χ3v) is 3.00. The zero-order valence-electron chi connectivity index (χ0n) is 11.0. The molecular formula is C15H22ClN. The van der Waals surface area contributed by atoms with Crippen molar-refractivity contribution in [1.82, 2.24) is 5.32 Å². The number of aryl methyl sites for hydroxylation is 1. The maximum atomic E-state index is 6.11. The maximum Gasteiger partial charge on any atom is 0.0411 e. The summed E-state index contributed by atoms with van der Waals surface area (Å²) in [6, 6.07) is 6.62. The number of nitrogens with one attached hydrogen (secondary N) is 1. The van der Waals surface area contributed by atoms with Crippen LogP contribution >= 0.6 is 11.6 Å². The first-order valence-electron chi connectivity index (χ1n) is 6.17. The summed E-state index contributed by atoms with van der Waals surface area (Å²) in [7, 11) is 0. The molecule has 1 atom stereocenters. The van der Waals surface area contributed by atoms with E-state index in [0.29, 0.717) is 6.04 Å². The molecule has 17 heavy (non-hydrogen) atoms. The number of benzene rings is 1. The summed E-state index contributed by atoms with van der Waals surface area (Å²) in [4.78, 5) is 0. The monoisotopic (exact) mass is 251 g/mol. The van der Waals surface area contributed by atoms with Crippen molar-refractivity contribution in [3.8, 4) is 0 Å². The average Bonchev–Trinajstić information content (AvgIpc) is 2.22. The summed E-state index contributed by atoms with van der Waals surface area (Å²) >= 11 is 6.11. The van der Waals surface area contributed by atoms with E-state index in [1.54, 1.807) is 0 Å². The lowest BCUT2D eigenvalue weighted by molar-refractivity contribution is 0.514. The van der Waals surface area contributed by atoms with Gasteiger partial charge < -0.3 is 5.32 Å². The molecule has 0 fully saturated rings. The van der Waals surface area contributed by atoms with Crippen LogP contribution in [-0.4, -0.2) is 6.54 Å². The summed E-state index contributed by atoms with van der Waals surface area (Å²) in [5.74, 6) is 0. The van der Waals surface area contributed by atoms with E-state index in [2.05, 4.69) is 44.8 Å². The Hall–Kier alpha value is -0.790. The van der Waals surface area contributed by atoms with E-state index in [1.165, 1.54) is 16.7 Å². The molecular weight excluding hydrogens is 230 g/mol. The predicted molar refractivity (Wildman–Crippen MR) is 76.7 cm³/mol. The van der Waals surface area contributed by atoms with Gasteiger partial charge in [0, 0.05) is 11.1 Å². The van der Waals surface area contributed by atoms with Gasteiger partial charge in [0.25, 0.3) is 0 Å². The second-order valence-corrected chi connectivity index (χ2v) is 5.10. The molecule has 0 spiro atoms. The lowest BCUT2D eigenvalue weighted by Gasteiger charge is -2.19. The molecule has 0 aliphatic rings. The highest BCUT2D eigenvalue weighted by Crippen LogP contribution is 2.24. The molecule has 1 aromatic rings. The molecule has 0 heterocycles. The first-order chi connectivity index (χ1) is 8.02. The van der Waals surface area contributed by atoms with Crippen molar-refractivity contribution in [3.05, 3.63) is 46.5 Å². The maximum absolute atomic E-state index is 6.11. The predicted octanol–water partition coefficient (Wildman–Crippen LogP) is 4.66. The average molecular weight is 252 g/mol. The van der Waals surface area contributed by atoms with Gasteiger partial charge in [-0.2, -0.15) is 0 Å². The second kappa shape index (κ2) is 6.83. The van der Waals surface area contributed by atoms with E-state index in [9.17, 15) is 0 Å². The number of allylic oxidation sites excluding steroid dienone is 1. The summed E-state index contributed by atoms with van der Waals surface area (Å²) in [6.07, 6.45) is 2.12. The van der Waals surface area contributed by atoms with E-state index < -0.39 is 0 Å². The van der Waals surface area contributed by atoms with Gasteiger partial charge in [-0.1, -0.05) is 30.2 Å². The molecule has 0 aromatic heterocycles. The van der Waals surface area contributed by atoms with Crippen molar-refractivity contribution in [2.75, 3.05) is 6.54 Å². The molecule has 1 rings (SSSR count). The van der Waals surface area contributed by atoms with Crippen LogP contribution in [0, 0.1) is 6.92 Å². The van der Waals surface area contributed by atoms with Crippen molar-refractivity contribution < 1.29 is 0 Å². The van der Waals surface area contributed by atoms with Crippen LogP contribution in [0.1, 0.15) is 43.9 Å². The van der Waals surface area contributed by atoms with Crippen LogP contribution in [0.15, 0.2) is 30.4 Å². The van der Waals surface area contributed by atoms with Crippen LogP contribution in [0.5, 0.6) is 0 Å². The number of rotatable bonds is 6. The molecule has 94 valence electrons. The topological polar surface area (TPSA) is 12.0 Å². The third kappa shape index (κ3) is 4.93. The minimum absolute atomic E-state index is 0.370. The van der Waals surface area contributed by atoms with Gasteiger partial charge in [-0.15, -0.1) is 6.58 Å². The van der Waals surface area contributed by atoms with Gasteiger partial charge in [0.2, 0.25) is 0 Å². The second-order valence-electron chi connectivity index (χ2n) is 4.67. The lowest BCUT2D eigenvalue weighted by atomic mass is 9.98. The van der Waals surface area contributed by atoms with Gasteiger partial charge in [-0.05, 0) is 56.5 Å². The number of halogens is 1. The first kappa shape index (κ1) is 14.3. The Balaban J connectivity index is 2.84. The summed E-state index contributed by atoms with van der Waals surface area (Å²) < 4.78 is 0. The zero-order valence-corrected chi connectivity index (χ0v) is 11.8. The van der Waals surface area contributed by atoms with Gasteiger partial charge >= 0.3 is 0 Å². The molecule has 2 heteroatoms. The van der Waals surface area contributed by atoms with Crippen LogP contribution in [-0.2, 0) is 0 Å². The molecule has 0 saturated carbocycles. The molecule has 0 amide bonds. The quantitative estimate of drug-likeness (QED) is 0.726. The van der Waals surface area contributed by atoms with Gasteiger partial charge in [0.1, 0.15) is 0 Å². The summed E-state index contributed by atoms with van der Waals surface area (Å²) in [5, 5.41) is 4.33. The van der Waals surface area contributed by atoms with Crippen molar-refractivity contribution in [2.45, 2.75) is 39.7 Å². The van der Waals surface area contributed by atoms with Gasteiger partial charge in [-0.25, -0.2) is 0 Å². The van der Waals surface area contributed by atoms with Crippen molar-refractivity contribution in [3.63, 3.8) is 0 Å². The molecule has 0 saturated heterocycles. The molecule has 1 unspecified atom stereocenters. The molecule has 1 aromatic carbocycles. The minimum atomic E-state index is 0.370.